The van der Waals surface area contributed by atoms with Gasteiger partial charge in [0.05, 0.1) is 0 Å². The summed E-state index contributed by atoms with van der Waals surface area (Å²) in [6.07, 6.45) is 1.49. The van der Waals surface area contributed by atoms with Gasteiger partial charge in [-0.1, -0.05) is 54.1 Å². The number of ether oxygens (including phenoxy) is 1. The molecule has 1 fully saturated rings. The molecule has 0 bridgehead atoms. The maximum absolute atomic E-state index is 13.0. The lowest BCUT2D eigenvalue weighted by molar-refractivity contribution is 0.0697. The molecule has 0 radical (unpaired) electrons. The van der Waals surface area contributed by atoms with Gasteiger partial charge >= 0.3 is 0 Å². The van der Waals surface area contributed by atoms with E-state index in [2.05, 4.69) is 24.4 Å². The van der Waals surface area contributed by atoms with E-state index in [9.17, 15) is 9.59 Å². The molecule has 1 N–H and O–H groups in total. The van der Waals surface area contributed by atoms with Crippen LogP contribution in [0, 0.1) is 13.8 Å². The number of aryl methyl sites for hydroxylation is 2. The molecular formula is C28H30N2O3. The van der Waals surface area contributed by atoms with E-state index in [1.807, 2.05) is 72.5 Å². The zero-order valence-corrected chi connectivity index (χ0v) is 19.2. The summed E-state index contributed by atoms with van der Waals surface area (Å²) in [5.41, 5.74) is 4.59. The fourth-order valence-corrected chi connectivity index (χ4v) is 4.19. The molecule has 0 unspecified atom stereocenters. The maximum atomic E-state index is 13.0. The minimum Gasteiger partial charge on any atom is -0.489 e. The van der Waals surface area contributed by atoms with Crippen LogP contribution in [0.1, 0.15) is 50.2 Å². The number of nitrogens with one attached hydrogen (secondary N) is 1. The molecule has 1 aliphatic rings. The second kappa shape index (κ2) is 10.3. The molecule has 0 atom stereocenters. The van der Waals surface area contributed by atoms with Crippen molar-refractivity contribution < 1.29 is 14.3 Å². The topological polar surface area (TPSA) is 58.6 Å². The van der Waals surface area contributed by atoms with Crippen molar-refractivity contribution >= 4 is 11.8 Å². The first-order chi connectivity index (χ1) is 16.0. The molecule has 4 rings (SSSR count). The van der Waals surface area contributed by atoms with Crippen molar-refractivity contribution in [2.45, 2.75) is 39.3 Å². The summed E-state index contributed by atoms with van der Waals surface area (Å²) < 4.78 is 5.92. The summed E-state index contributed by atoms with van der Waals surface area (Å²) in [5.74, 6) is 0.638. The Hall–Kier alpha value is -3.60. The fourth-order valence-electron chi connectivity index (χ4n) is 4.19. The number of benzene rings is 3. The van der Waals surface area contributed by atoms with Crippen LogP contribution in [0.2, 0.25) is 0 Å². The Labute approximate surface area is 195 Å². The summed E-state index contributed by atoms with van der Waals surface area (Å²) in [7, 11) is 0. The van der Waals surface area contributed by atoms with E-state index in [1.165, 1.54) is 5.56 Å². The van der Waals surface area contributed by atoms with Crippen LogP contribution in [0.15, 0.2) is 72.8 Å². The van der Waals surface area contributed by atoms with Crippen LogP contribution in [0.25, 0.3) is 0 Å². The molecule has 3 aromatic rings. The van der Waals surface area contributed by atoms with Crippen molar-refractivity contribution in [3.05, 3.63) is 101 Å². The Bertz CT molecular complexity index is 1130. The van der Waals surface area contributed by atoms with Gasteiger partial charge in [-0.3, -0.25) is 9.59 Å². The first-order valence-corrected chi connectivity index (χ1v) is 11.4. The lowest BCUT2D eigenvalue weighted by Crippen LogP contribution is -2.46. The molecule has 0 spiro atoms. The normalized spacial score (nSPS) is 14.1. The monoisotopic (exact) mass is 442 g/mol. The van der Waals surface area contributed by atoms with Crippen LogP contribution >= 0.6 is 0 Å². The van der Waals surface area contributed by atoms with Gasteiger partial charge in [-0.15, -0.1) is 0 Å². The fraction of sp³-hybridized carbons (Fsp3) is 0.286. The molecule has 0 saturated carbocycles. The van der Waals surface area contributed by atoms with Crippen molar-refractivity contribution in [2.24, 2.45) is 0 Å². The number of nitrogens with zero attached hydrogens (tertiary/aromatic N) is 1. The first-order valence-electron chi connectivity index (χ1n) is 11.4. The SMILES string of the molecule is Cc1cccc(COc2cccc(C(=O)N3CCC(NC(=O)c4ccccc4C)CC3)c2)c1. The molecule has 2 amide bonds. The van der Waals surface area contributed by atoms with Gasteiger partial charge in [-0.25, -0.2) is 0 Å². The number of rotatable bonds is 6. The first kappa shape index (κ1) is 22.6. The van der Waals surface area contributed by atoms with E-state index in [1.54, 1.807) is 0 Å². The van der Waals surface area contributed by atoms with Crippen molar-refractivity contribution in [3.8, 4) is 5.75 Å². The van der Waals surface area contributed by atoms with Gasteiger partial charge in [-0.2, -0.15) is 0 Å². The average molecular weight is 443 g/mol. The molecule has 1 aliphatic heterocycles. The third-order valence-electron chi connectivity index (χ3n) is 6.08. The predicted octanol–water partition coefficient (Wildman–Crippen LogP) is 4.92. The summed E-state index contributed by atoms with van der Waals surface area (Å²) in [6.45, 7) is 5.69. The van der Waals surface area contributed by atoms with E-state index in [0.717, 1.165) is 24.0 Å². The Morgan fingerprint density at radius 2 is 1.70 bits per heavy atom. The third kappa shape index (κ3) is 5.80. The lowest BCUT2D eigenvalue weighted by atomic mass is 10.0. The minimum atomic E-state index is -0.0451. The van der Waals surface area contributed by atoms with Gasteiger partial charge in [0.1, 0.15) is 12.4 Å². The third-order valence-corrected chi connectivity index (χ3v) is 6.08. The van der Waals surface area contributed by atoms with Gasteiger partial charge in [0.25, 0.3) is 11.8 Å². The molecule has 1 saturated heterocycles. The number of carbonyl (C=O) groups excluding carboxylic acids is 2. The highest BCUT2D eigenvalue weighted by Crippen LogP contribution is 2.20. The molecule has 0 aromatic heterocycles. The van der Waals surface area contributed by atoms with Crippen LogP contribution in [0.3, 0.4) is 0 Å². The Morgan fingerprint density at radius 3 is 2.45 bits per heavy atom. The molecule has 33 heavy (non-hydrogen) atoms. The molecule has 0 aliphatic carbocycles. The van der Waals surface area contributed by atoms with Gasteiger partial charge < -0.3 is 15.0 Å². The van der Waals surface area contributed by atoms with Crippen LogP contribution in [0.5, 0.6) is 5.75 Å². The number of amides is 2. The molecule has 5 heteroatoms. The number of likely N-dealkylation sites (tertiary alicyclic amines) is 1. The summed E-state index contributed by atoms with van der Waals surface area (Å²) >= 11 is 0. The van der Waals surface area contributed by atoms with Crippen molar-refractivity contribution in [3.63, 3.8) is 0 Å². The second-order valence-corrected chi connectivity index (χ2v) is 8.66. The standard InChI is InChI=1S/C28H30N2O3/c1-20-7-5-9-22(17-20)19-33-25-11-6-10-23(18-25)28(32)30-15-13-24(14-16-30)29-27(31)26-12-4-3-8-21(26)2/h3-12,17-18,24H,13-16,19H2,1-2H3,(H,29,31). The highest BCUT2D eigenvalue weighted by Gasteiger charge is 2.25. The predicted molar refractivity (Wildman–Crippen MR) is 130 cm³/mol. The number of piperidine rings is 1. The van der Waals surface area contributed by atoms with E-state index in [-0.39, 0.29) is 17.9 Å². The summed E-state index contributed by atoms with van der Waals surface area (Å²) in [4.78, 5) is 27.5. The van der Waals surface area contributed by atoms with Crippen LogP contribution < -0.4 is 10.1 Å². The molecule has 170 valence electrons. The van der Waals surface area contributed by atoms with Gasteiger partial charge in [-0.05, 0) is 62.1 Å². The zero-order valence-electron chi connectivity index (χ0n) is 19.2. The largest absolute Gasteiger partial charge is 0.489 e. The Balaban J connectivity index is 1.31. The molecule has 3 aromatic carbocycles. The zero-order chi connectivity index (χ0) is 23.2. The van der Waals surface area contributed by atoms with E-state index >= 15 is 0 Å². The second-order valence-electron chi connectivity index (χ2n) is 8.66. The molecule has 5 nitrogen and oxygen atoms in total. The highest BCUT2D eigenvalue weighted by molar-refractivity contribution is 5.96. The van der Waals surface area contributed by atoms with Crippen LogP contribution in [0.4, 0.5) is 0 Å². The van der Waals surface area contributed by atoms with Gasteiger partial charge in [0.2, 0.25) is 0 Å². The quantitative estimate of drug-likeness (QED) is 0.590. The van der Waals surface area contributed by atoms with Gasteiger partial charge in [0, 0.05) is 30.3 Å². The molecular weight excluding hydrogens is 412 g/mol. The smallest absolute Gasteiger partial charge is 0.253 e. The van der Waals surface area contributed by atoms with Gasteiger partial charge in [0.15, 0.2) is 0 Å². The molecule has 1 heterocycles. The highest BCUT2D eigenvalue weighted by atomic mass is 16.5. The van der Waals surface area contributed by atoms with E-state index in [0.29, 0.717) is 36.6 Å². The van der Waals surface area contributed by atoms with Crippen molar-refractivity contribution in [1.82, 2.24) is 10.2 Å². The summed E-state index contributed by atoms with van der Waals surface area (Å²) in [6, 6.07) is 23.2. The van der Waals surface area contributed by atoms with Crippen molar-refractivity contribution in [1.29, 1.82) is 0 Å². The van der Waals surface area contributed by atoms with E-state index < -0.39 is 0 Å². The number of hydrogen-bond acceptors (Lipinski definition) is 3. The Kier molecular flexibility index (Phi) is 7.08. The number of hydrogen-bond donors (Lipinski definition) is 1. The van der Waals surface area contributed by atoms with Crippen LogP contribution in [-0.2, 0) is 6.61 Å². The summed E-state index contributed by atoms with van der Waals surface area (Å²) in [5, 5.41) is 3.12. The van der Waals surface area contributed by atoms with Crippen LogP contribution in [-0.4, -0.2) is 35.8 Å². The minimum absolute atomic E-state index is 0.000291. The van der Waals surface area contributed by atoms with Crippen molar-refractivity contribution in [2.75, 3.05) is 13.1 Å². The average Bonchev–Trinajstić information content (AvgIpc) is 2.83. The Morgan fingerprint density at radius 1 is 0.939 bits per heavy atom. The maximum Gasteiger partial charge on any atom is 0.253 e. The number of carbonyl (C=O) groups is 2. The lowest BCUT2D eigenvalue weighted by Gasteiger charge is -2.32. The van der Waals surface area contributed by atoms with E-state index in [4.69, 9.17) is 4.74 Å².